The Balaban J connectivity index is 0.000000218. The third kappa shape index (κ3) is 10.6. The van der Waals surface area contributed by atoms with Crippen molar-refractivity contribution in [1.29, 1.82) is 0 Å². The van der Waals surface area contributed by atoms with E-state index in [4.69, 9.17) is 24.6 Å². The van der Waals surface area contributed by atoms with Gasteiger partial charge in [-0.15, -0.1) is 0 Å². The van der Waals surface area contributed by atoms with Gasteiger partial charge in [-0.2, -0.15) is 0 Å². The van der Waals surface area contributed by atoms with Crippen molar-refractivity contribution in [2.45, 2.75) is 2.89 Å². The molecule has 1 atom stereocenters. The second kappa shape index (κ2) is 7.27. The predicted molar refractivity (Wildman–Crippen MR) is 39.3 cm³/mol. The molecule has 0 aromatic rings. The minimum atomic E-state index is -2.86. The van der Waals surface area contributed by atoms with Crippen LogP contribution in [0, 0.1) is 0 Å². The molecular formula is C5H6ClHgO3S-. The van der Waals surface area contributed by atoms with Crippen molar-refractivity contribution in [3.8, 4) is 0 Å². The molecule has 1 rings (SSSR count). The summed E-state index contributed by atoms with van der Waals surface area (Å²) in [6.07, 6.45) is 6.23. The Hall–Kier alpha value is 0.615. The summed E-state index contributed by atoms with van der Waals surface area (Å²) >= 11 is 5.08. The smallest absolute Gasteiger partial charge is 0.0495 e. The molecule has 0 saturated heterocycles. The number of hydrogen-bond acceptors (Lipinski definition) is 3. The largest absolute Gasteiger partial charge is 0.439 e. The zero-order valence-electron chi connectivity index (χ0n) is 5.64. The predicted octanol–water partition coefficient (Wildman–Crippen LogP) is 1.49. The summed E-state index contributed by atoms with van der Waals surface area (Å²) in [4.78, 5) is 0. The number of hydrogen-bond donors (Lipinski definition) is 1. The van der Waals surface area contributed by atoms with Crippen LogP contribution in [0.1, 0.15) is 0 Å². The minimum absolute atomic E-state index is 0.463. The van der Waals surface area contributed by atoms with Crippen molar-refractivity contribution in [3.63, 3.8) is 0 Å². The second-order valence-corrected chi connectivity index (χ2v) is 11.9. The number of halogens is 1. The Bertz CT molecular complexity index is 216. The molecule has 60 valence electrons. The van der Waals surface area contributed by atoms with Gasteiger partial charge in [0.05, 0.1) is 0 Å². The van der Waals surface area contributed by atoms with Gasteiger partial charge in [-0.25, -0.2) is 0 Å². The van der Waals surface area contributed by atoms with Crippen molar-refractivity contribution >= 4 is 22.6 Å². The second-order valence-electron chi connectivity index (χ2n) is 1.78. The van der Waals surface area contributed by atoms with Gasteiger partial charge >= 0.3 is 60.9 Å². The molecule has 6 heteroatoms. The van der Waals surface area contributed by atoms with Crippen LogP contribution in [0.4, 0.5) is 0 Å². The summed E-state index contributed by atoms with van der Waals surface area (Å²) in [5, 5.41) is 0. The van der Waals surface area contributed by atoms with Crippen LogP contribution in [-0.2, 0) is 44.0 Å². The average Bonchev–Trinajstić information content (AvgIpc) is 1.87. The van der Waals surface area contributed by atoms with Crippen LogP contribution in [0.5, 0.6) is 0 Å². The van der Waals surface area contributed by atoms with E-state index in [0.29, 0.717) is 2.89 Å². The van der Waals surface area contributed by atoms with E-state index in [1.165, 1.54) is 0 Å². The summed E-state index contributed by atoms with van der Waals surface area (Å²) in [6.45, 7) is 0. The Morgan fingerprint density at radius 2 is 2.00 bits per heavy atom. The summed E-state index contributed by atoms with van der Waals surface area (Å²) < 4.78 is 26.8. The van der Waals surface area contributed by atoms with Crippen LogP contribution in [0.3, 0.4) is 0 Å². The van der Waals surface area contributed by atoms with Crippen LogP contribution in [0.2, 0.25) is 0 Å². The molecule has 3 nitrogen and oxygen atoms in total. The maximum Gasteiger partial charge on any atom is 0.0495 e. The van der Waals surface area contributed by atoms with E-state index in [1.54, 1.807) is 0 Å². The van der Waals surface area contributed by atoms with E-state index in [9.17, 15) is 0 Å². The summed E-state index contributed by atoms with van der Waals surface area (Å²) in [5.41, 5.74) is 0. The maximum absolute atomic E-state index is 8.56. The molecule has 0 spiro atoms. The zero-order valence-corrected chi connectivity index (χ0v) is 12.7. The standard InChI is InChI=1S/C5H5Cl.Hg.HO3S/c1-2-3-4-5-6;;1-4(2)3/h1-5H;;(H,1,2,3)/q;;-1. The van der Waals surface area contributed by atoms with E-state index < -0.39 is 35.6 Å². The topological polar surface area (TPSA) is 54.4 Å². The van der Waals surface area contributed by atoms with Gasteiger partial charge in [0, 0.05) is 11.0 Å². The van der Waals surface area contributed by atoms with E-state index in [-0.39, 0.29) is 0 Å². The summed E-state index contributed by atoms with van der Waals surface area (Å²) in [6, 6.07) is 0. The first-order valence-electron chi connectivity index (χ1n) is 2.88. The quantitative estimate of drug-likeness (QED) is 0.227. The van der Waals surface area contributed by atoms with Crippen LogP contribution >= 0.6 is 11.6 Å². The molecule has 1 aliphatic rings. The first kappa shape index (κ1) is 11.6. The first-order valence-corrected chi connectivity index (χ1v) is 10.7. The van der Waals surface area contributed by atoms with Gasteiger partial charge in [-0.3, -0.25) is 0 Å². The molecule has 1 heterocycles. The molecule has 1 aliphatic heterocycles. The van der Waals surface area contributed by atoms with Crippen LogP contribution in [0.25, 0.3) is 0 Å². The van der Waals surface area contributed by atoms with Gasteiger partial charge in [0.1, 0.15) is 0 Å². The van der Waals surface area contributed by atoms with Gasteiger partial charge in [0.25, 0.3) is 0 Å². The zero-order chi connectivity index (χ0) is 8.69. The minimum Gasteiger partial charge on any atom is -0.439 e. The van der Waals surface area contributed by atoms with Crippen molar-refractivity contribution in [3.05, 3.63) is 21.8 Å². The fourth-order valence-corrected chi connectivity index (χ4v) is 4.99. The SMILES string of the molecule is Cl[CH]1C=CC=[CH][Hg]1.O=[S-](=O)O. The Morgan fingerprint density at radius 1 is 1.45 bits per heavy atom. The molecule has 0 aliphatic carbocycles. The fraction of sp³-hybridized carbons (Fsp3) is 0.200. The third-order valence-corrected chi connectivity index (χ3v) is 7.56. The molecule has 0 radical (unpaired) electrons. The molecule has 0 saturated carbocycles. The summed E-state index contributed by atoms with van der Waals surface area (Å²) in [7, 11) is -2.86. The van der Waals surface area contributed by atoms with Crippen molar-refractivity contribution in [2.24, 2.45) is 0 Å². The molecule has 0 aromatic carbocycles. The molecule has 0 bridgehead atoms. The number of rotatable bonds is 0. The van der Waals surface area contributed by atoms with Crippen LogP contribution in [-0.4, -0.2) is 7.44 Å². The number of allylic oxidation sites excluding steroid dienone is 3. The maximum atomic E-state index is 8.56. The van der Waals surface area contributed by atoms with Crippen LogP contribution < -0.4 is 0 Å². The molecule has 1 unspecified atom stereocenters. The molecule has 0 aromatic heterocycles. The van der Waals surface area contributed by atoms with Crippen molar-refractivity contribution < 1.29 is 37.5 Å². The first-order chi connectivity index (χ1) is 5.13. The molecule has 0 amide bonds. The van der Waals surface area contributed by atoms with E-state index >= 15 is 0 Å². The Labute approximate surface area is 84.3 Å². The van der Waals surface area contributed by atoms with E-state index in [2.05, 4.69) is 15.7 Å². The van der Waals surface area contributed by atoms with Crippen LogP contribution in [0.15, 0.2) is 21.8 Å². The monoisotopic (exact) mass is 383 g/mol. The van der Waals surface area contributed by atoms with Crippen molar-refractivity contribution in [1.82, 2.24) is 0 Å². The third-order valence-electron chi connectivity index (χ3n) is 0.928. The molecular weight excluding hydrogens is 376 g/mol. The molecule has 1 N–H and O–H groups in total. The summed E-state index contributed by atoms with van der Waals surface area (Å²) in [5.74, 6) is 0. The van der Waals surface area contributed by atoms with Gasteiger partial charge in [-0.05, 0) is 0 Å². The fourth-order valence-electron chi connectivity index (χ4n) is 0.550. The van der Waals surface area contributed by atoms with Gasteiger partial charge in [0.15, 0.2) is 0 Å². The average molecular weight is 382 g/mol. The van der Waals surface area contributed by atoms with Crippen molar-refractivity contribution in [2.75, 3.05) is 0 Å². The van der Waals surface area contributed by atoms with Gasteiger partial charge < -0.3 is 13.0 Å². The van der Waals surface area contributed by atoms with Gasteiger partial charge in [-0.1, -0.05) is 0 Å². The van der Waals surface area contributed by atoms with Gasteiger partial charge in [0.2, 0.25) is 0 Å². The Morgan fingerprint density at radius 3 is 2.18 bits per heavy atom. The Kier molecular flexibility index (Phi) is 7.68. The normalized spacial score (nSPS) is 19.7. The molecule has 11 heavy (non-hydrogen) atoms. The molecule has 0 fully saturated rings. The van der Waals surface area contributed by atoms with E-state index in [1.807, 2.05) is 6.08 Å². The number of alkyl halides is 1. The van der Waals surface area contributed by atoms with E-state index in [0.717, 1.165) is 0 Å².